The van der Waals surface area contributed by atoms with E-state index in [9.17, 15) is 13.6 Å². The molecule has 118 valence electrons. The number of halogens is 2. The van der Waals surface area contributed by atoms with Crippen LogP contribution in [0.4, 0.5) is 8.78 Å². The normalized spacial score (nSPS) is 20.2. The lowest BCUT2D eigenvalue weighted by Gasteiger charge is -2.18. The van der Waals surface area contributed by atoms with Gasteiger partial charge in [0.05, 0.1) is 7.11 Å². The second kappa shape index (κ2) is 5.59. The Balaban J connectivity index is 1.69. The highest BCUT2D eigenvalue weighted by atomic mass is 19.3. The average Bonchev–Trinajstić information content (AvgIpc) is 3.06. The summed E-state index contributed by atoms with van der Waals surface area (Å²) in [5, 5.41) is 3.45. The van der Waals surface area contributed by atoms with Crippen molar-refractivity contribution in [2.75, 3.05) is 13.7 Å². The summed E-state index contributed by atoms with van der Waals surface area (Å²) < 4.78 is 32.2. The van der Waals surface area contributed by atoms with Crippen molar-refractivity contribution in [2.45, 2.75) is 25.2 Å². The molecule has 1 aliphatic carbocycles. The maximum atomic E-state index is 13.5. The number of methoxy groups -OCH3 is 1. The lowest BCUT2D eigenvalue weighted by molar-refractivity contribution is -0.0352. The molecule has 2 N–H and O–H groups in total. The van der Waals surface area contributed by atoms with Crippen LogP contribution in [0.1, 0.15) is 29.8 Å². The lowest BCUT2D eigenvalue weighted by atomic mass is 10.1. The molecule has 1 aromatic heterocycles. The lowest BCUT2D eigenvalue weighted by Crippen LogP contribution is -2.35. The molecule has 0 saturated heterocycles. The van der Waals surface area contributed by atoms with Crippen molar-refractivity contribution in [3.05, 3.63) is 30.0 Å². The zero-order valence-electron chi connectivity index (χ0n) is 12.3. The Labute approximate surface area is 126 Å². The van der Waals surface area contributed by atoms with Crippen LogP contribution < -0.4 is 10.1 Å². The predicted molar refractivity (Wildman–Crippen MR) is 79.5 cm³/mol. The summed E-state index contributed by atoms with van der Waals surface area (Å²) in [6.07, 6.45) is 0.886. The van der Waals surface area contributed by atoms with Crippen LogP contribution in [0.25, 0.3) is 10.9 Å². The van der Waals surface area contributed by atoms with E-state index >= 15 is 0 Å². The topological polar surface area (TPSA) is 54.1 Å². The van der Waals surface area contributed by atoms with E-state index in [1.165, 1.54) is 0 Å². The first-order valence-corrected chi connectivity index (χ1v) is 7.32. The van der Waals surface area contributed by atoms with E-state index in [4.69, 9.17) is 4.74 Å². The first-order valence-electron chi connectivity index (χ1n) is 7.32. The molecule has 0 spiro atoms. The Kier molecular flexibility index (Phi) is 3.76. The zero-order chi connectivity index (χ0) is 15.7. The van der Waals surface area contributed by atoms with Gasteiger partial charge in [-0.25, -0.2) is 8.78 Å². The van der Waals surface area contributed by atoms with E-state index < -0.39 is 11.8 Å². The van der Waals surface area contributed by atoms with Gasteiger partial charge < -0.3 is 15.0 Å². The molecule has 1 heterocycles. The standard InChI is InChI=1S/C16H18F2N2O2/c1-22-12-4-5-13-10(7-12)8-14(20-13)15(21)19-9-11-3-2-6-16(11,17)18/h4-5,7-8,11,20H,2-3,6,9H2,1H3,(H,19,21). The molecule has 1 fully saturated rings. The molecule has 1 unspecified atom stereocenters. The molecule has 4 nitrogen and oxygen atoms in total. The number of fused-ring (bicyclic) bond motifs is 1. The minimum atomic E-state index is -2.67. The third-order valence-corrected chi connectivity index (χ3v) is 4.24. The number of aromatic nitrogens is 1. The van der Waals surface area contributed by atoms with Crippen LogP contribution in [-0.2, 0) is 0 Å². The van der Waals surface area contributed by atoms with E-state index in [0.29, 0.717) is 24.3 Å². The fraction of sp³-hybridized carbons (Fsp3) is 0.438. The Morgan fingerprint density at radius 2 is 2.27 bits per heavy atom. The molecule has 1 atom stereocenters. The summed E-state index contributed by atoms with van der Waals surface area (Å²) in [5.41, 5.74) is 1.17. The van der Waals surface area contributed by atoms with Crippen LogP contribution in [0.5, 0.6) is 5.75 Å². The van der Waals surface area contributed by atoms with Crippen molar-refractivity contribution in [2.24, 2.45) is 5.92 Å². The third kappa shape index (κ3) is 2.77. The van der Waals surface area contributed by atoms with Crippen molar-refractivity contribution < 1.29 is 18.3 Å². The molecule has 0 aliphatic heterocycles. The highest BCUT2D eigenvalue weighted by Crippen LogP contribution is 2.39. The van der Waals surface area contributed by atoms with E-state index in [-0.39, 0.29) is 18.9 Å². The smallest absolute Gasteiger partial charge is 0.267 e. The van der Waals surface area contributed by atoms with E-state index in [1.807, 2.05) is 12.1 Å². The maximum absolute atomic E-state index is 13.5. The van der Waals surface area contributed by atoms with Gasteiger partial charge in [-0.15, -0.1) is 0 Å². The highest BCUT2D eigenvalue weighted by Gasteiger charge is 2.43. The summed E-state index contributed by atoms with van der Waals surface area (Å²) in [6.45, 7) is 0.00448. The number of alkyl halides is 2. The molecule has 1 saturated carbocycles. The van der Waals surface area contributed by atoms with E-state index in [0.717, 1.165) is 10.9 Å². The number of H-pyrrole nitrogens is 1. The molecule has 2 aromatic rings. The monoisotopic (exact) mass is 308 g/mol. The number of hydrogen-bond donors (Lipinski definition) is 2. The number of carbonyl (C=O) groups is 1. The van der Waals surface area contributed by atoms with Crippen LogP contribution in [0.2, 0.25) is 0 Å². The molecular formula is C16H18F2N2O2. The van der Waals surface area contributed by atoms with Crippen LogP contribution in [-0.4, -0.2) is 30.5 Å². The fourth-order valence-corrected chi connectivity index (χ4v) is 2.92. The summed E-state index contributed by atoms with van der Waals surface area (Å²) in [6, 6.07) is 7.11. The minimum Gasteiger partial charge on any atom is -0.497 e. The number of ether oxygens (including phenoxy) is 1. The summed E-state index contributed by atoms with van der Waals surface area (Å²) >= 11 is 0. The largest absolute Gasteiger partial charge is 0.497 e. The van der Waals surface area contributed by atoms with Gasteiger partial charge in [-0.3, -0.25) is 4.79 Å². The predicted octanol–water partition coefficient (Wildman–Crippen LogP) is 3.34. The van der Waals surface area contributed by atoms with Crippen molar-refractivity contribution in [1.82, 2.24) is 10.3 Å². The number of carbonyl (C=O) groups excluding carboxylic acids is 1. The highest BCUT2D eigenvalue weighted by molar-refractivity contribution is 5.98. The molecular weight excluding hydrogens is 290 g/mol. The van der Waals surface area contributed by atoms with Gasteiger partial charge in [0.1, 0.15) is 11.4 Å². The number of nitrogens with one attached hydrogen (secondary N) is 2. The van der Waals surface area contributed by atoms with E-state index in [2.05, 4.69) is 10.3 Å². The van der Waals surface area contributed by atoms with Gasteiger partial charge >= 0.3 is 0 Å². The summed E-state index contributed by atoms with van der Waals surface area (Å²) in [5.74, 6) is -3.09. The van der Waals surface area contributed by atoms with Crippen molar-refractivity contribution >= 4 is 16.8 Å². The van der Waals surface area contributed by atoms with Crippen molar-refractivity contribution in [3.8, 4) is 5.75 Å². The van der Waals surface area contributed by atoms with Crippen LogP contribution in [0.3, 0.4) is 0 Å². The van der Waals surface area contributed by atoms with Gasteiger partial charge in [-0.1, -0.05) is 0 Å². The Hall–Kier alpha value is -2.11. The van der Waals surface area contributed by atoms with Gasteiger partial charge in [0.25, 0.3) is 11.8 Å². The molecule has 1 aromatic carbocycles. The molecule has 3 rings (SSSR count). The quantitative estimate of drug-likeness (QED) is 0.910. The maximum Gasteiger partial charge on any atom is 0.267 e. The molecule has 0 bridgehead atoms. The first-order chi connectivity index (χ1) is 10.5. The zero-order valence-corrected chi connectivity index (χ0v) is 12.3. The van der Waals surface area contributed by atoms with Crippen molar-refractivity contribution in [1.29, 1.82) is 0 Å². The Morgan fingerprint density at radius 3 is 2.95 bits per heavy atom. The second-order valence-corrected chi connectivity index (χ2v) is 5.70. The Morgan fingerprint density at radius 1 is 1.45 bits per heavy atom. The van der Waals surface area contributed by atoms with Gasteiger partial charge in [0.2, 0.25) is 0 Å². The number of benzene rings is 1. The van der Waals surface area contributed by atoms with Gasteiger partial charge in [-0.05, 0) is 37.1 Å². The molecule has 1 amide bonds. The molecule has 1 aliphatic rings. The average molecular weight is 308 g/mol. The van der Waals surface area contributed by atoms with Crippen molar-refractivity contribution in [3.63, 3.8) is 0 Å². The van der Waals surface area contributed by atoms with Gasteiger partial charge in [-0.2, -0.15) is 0 Å². The molecule has 6 heteroatoms. The van der Waals surface area contributed by atoms with Crippen LogP contribution in [0.15, 0.2) is 24.3 Å². The number of rotatable bonds is 4. The summed E-state index contributed by atoms with van der Waals surface area (Å²) in [4.78, 5) is 15.1. The van der Waals surface area contributed by atoms with E-state index in [1.54, 1.807) is 19.2 Å². The summed E-state index contributed by atoms with van der Waals surface area (Å²) in [7, 11) is 1.57. The SMILES string of the molecule is COc1ccc2[nH]c(C(=O)NCC3CCCC3(F)F)cc2c1. The second-order valence-electron chi connectivity index (χ2n) is 5.70. The molecule has 22 heavy (non-hydrogen) atoms. The third-order valence-electron chi connectivity index (χ3n) is 4.24. The number of amides is 1. The fourth-order valence-electron chi connectivity index (χ4n) is 2.92. The van der Waals surface area contributed by atoms with Crippen LogP contribution >= 0.6 is 0 Å². The number of aromatic amines is 1. The first kappa shape index (κ1) is 14.8. The minimum absolute atomic E-state index is 0.00448. The Bertz CT molecular complexity index is 697. The van der Waals surface area contributed by atoms with Gasteiger partial charge in [0.15, 0.2) is 0 Å². The van der Waals surface area contributed by atoms with Gasteiger partial charge in [0, 0.05) is 29.8 Å². The van der Waals surface area contributed by atoms with Crippen LogP contribution in [0, 0.1) is 5.92 Å². The molecule has 0 radical (unpaired) electrons. The number of hydrogen-bond acceptors (Lipinski definition) is 2.